The van der Waals surface area contributed by atoms with Gasteiger partial charge in [0.05, 0.1) is 5.69 Å². The highest BCUT2D eigenvalue weighted by Crippen LogP contribution is 2.19. The number of benzene rings is 1. The van der Waals surface area contributed by atoms with Crippen molar-refractivity contribution in [1.29, 1.82) is 0 Å². The van der Waals surface area contributed by atoms with Crippen LogP contribution in [0.5, 0.6) is 0 Å². The van der Waals surface area contributed by atoms with Gasteiger partial charge in [0.25, 0.3) is 0 Å². The SMILES string of the molecule is CCc1cc(CC(CBr)Cc2cccc(F)c2)n(CC)n1. The van der Waals surface area contributed by atoms with E-state index < -0.39 is 0 Å². The van der Waals surface area contributed by atoms with E-state index in [-0.39, 0.29) is 5.82 Å². The lowest BCUT2D eigenvalue weighted by atomic mass is 9.96. The first-order chi connectivity index (χ1) is 10.2. The van der Waals surface area contributed by atoms with Gasteiger partial charge in [-0.15, -0.1) is 0 Å². The van der Waals surface area contributed by atoms with E-state index in [9.17, 15) is 4.39 Å². The number of hydrogen-bond donors (Lipinski definition) is 0. The summed E-state index contributed by atoms with van der Waals surface area (Å²) >= 11 is 3.60. The lowest BCUT2D eigenvalue weighted by Crippen LogP contribution is -2.13. The number of rotatable bonds is 7. The van der Waals surface area contributed by atoms with Crippen LogP contribution in [0.4, 0.5) is 4.39 Å². The van der Waals surface area contributed by atoms with Gasteiger partial charge < -0.3 is 0 Å². The lowest BCUT2D eigenvalue weighted by Gasteiger charge is -2.15. The summed E-state index contributed by atoms with van der Waals surface area (Å²) in [5.41, 5.74) is 3.47. The molecule has 0 saturated heterocycles. The Bertz CT molecular complexity index is 580. The van der Waals surface area contributed by atoms with Gasteiger partial charge in [0.1, 0.15) is 5.82 Å². The molecule has 0 bridgehead atoms. The predicted octanol–water partition coefficient (Wildman–Crippen LogP) is 4.40. The fourth-order valence-electron chi connectivity index (χ4n) is 2.60. The number of aromatic nitrogens is 2. The predicted molar refractivity (Wildman–Crippen MR) is 88.4 cm³/mol. The zero-order valence-corrected chi connectivity index (χ0v) is 14.2. The zero-order chi connectivity index (χ0) is 15.2. The number of halogens is 2. The van der Waals surface area contributed by atoms with E-state index in [0.29, 0.717) is 5.92 Å². The molecule has 0 N–H and O–H groups in total. The lowest BCUT2D eigenvalue weighted by molar-refractivity contribution is 0.533. The molecule has 0 aliphatic heterocycles. The monoisotopic (exact) mass is 352 g/mol. The molecule has 1 atom stereocenters. The molecule has 114 valence electrons. The molecule has 1 heterocycles. The van der Waals surface area contributed by atoms with Crippen molar-refractivity contribution in [3.63, 3.8) is 0 Å². The van der Waals surface area contributed by atoms with Crippen LogP contribution in [0.2, 0.25) is 0 Å². The van der Waals surface area contributed by atoms with Crippen LogP contribution in [-0.2, 0) is 25.8 Å². The van der Waals surface area contributed by atoms with E-state index in [1.807, 2.05) is 6.07 Å². The quantitative estimate of drug-likeness (QED) is 0.675. The van der Waals surface area contributed by atoms with Gasteiger partial charge in [-0.2, -0.15) is 5.10 Å². The van der Waals surface area contributed by atoms with Crippen LogP contribution in [0.25, 0.3) is 0 Å². The molecular formula is C17H22BrFN2. The smallest absolute Gasteiger partial charge is 0.123 e. The van der Waals surface area contributed by atoms with E-state index in [0.717, 1.165) is 42.4 Å². The van der Waals surface area contributed by atoms with Crippen molar-refractivity contribution in [1.82, 2.24) is 9.78 Å². The Balaban J connectivity index is 2.10. The minimum Gasteiger partial charge on any atom is -0.270 e. The Labute approximate surface area is 134 Å². The molecule has 1 aromatic carbocycles. The average molecular weight is 353 g/mol. The van der Waals surface area contributed by atoms with Crippen molar-refractivity contribution in [2.75, 3.05) is 5.33 Å². The third-order valence-corrected chi connectivity index (χ3v) is 4.62. The summed E-state index contributed by atoms with van der Waals surface area (Å²) in [6, 6.07) is 9.09. The summed E-state index contributed by atoms with van der Waals surface area (Å²) in [7, 11) is 0. The Morgan fingerprint density at radius 1 is 1.24 bits per heavy atom. The summed E-state index contributed by atoms with van der Waals surface area (Å²) in [5, 5.41) is 5.50. The first-order valence-electron chi connectivity index (χ1n) is 7.52. The van der Waals surface area contributed by atoms with Crippen LogP contribution in [0.3, 0.4) is 0 Å². The van der Waals surface area contributed by atoms with Gasteiger partial charge in [0.2, 0.25) is 0 Å². The van der Waals surface area contributed by atoms with Crippen LogP contribution in [0, 0.1) is 11.7 Å². The molecule has 0 saturated carbocycles. The summed E-state index contributed by atoms with van der Waals surface area (Å²) in [6.07, 6.45) is 2.80. The van der Waals surface area contributed by atoms with Gasteiger partial charge in [0, 0.05) is 17.6 Å². The molecule has 0 amide bonds. The van der Waals surface area contributed by atoms with E-state index >= 15 is 0 Å². The molecular weight excluding hydrogens is 331 g/mol. The molecule has 0 aliphatic carbocycles. The largest absolute Gasteiger partial charge is 0.270 e. The number of alkyl halides is 1. The summed E-state index contributed by atoms with van der Waals surface area (Å²) in [5.74, 6) is 0.284. The maximum atomic E-state index is 13.3. The number of aryl methyl sites for hydroxylation is 2. The summed E-state index contributed by atoms with van der Waals surface area (Å²) in [6.45, 7) is 5.14. The van der Waals surface area contributed by atoms with Crippen LogP contribution >= 0.6 is 15.9 Å². The molecule has 1 unspecified atom stereocenters. The van der Waals surface area contributed by atoms with Crippen LogP contribution in [-0.4, -0.2) is 15.1 Å². The number of nitrogens with zero attached hydrogens (tertiary/aromatic N) is 2. The van der Waals surface area contributed by atoms with Crippen LogP contribution in [0.15, 0.2) is 30.3 Å². The average Bonchev–Trinajstić information content (AvgIpc) is 2.88. The van der Waals surface area contributed by atoms with Crippen molar-refractivity contribution in [2.24, 2.45) is 5.92 Å². The third kappa shape index (κ3) is 4.40. The molecule has 0 spiro atoms. The number of hydrogen-bond acceptors (Lipinski definition) is 1. The Kier molecular flexibility index (Phi) is 5.97. The Morgan fingerprint density at radius 2 is 2.05 bits per heavy atom. The highest BCUT2D eigenvalue weighted by atomic mass is 79.9. The van der Waals surface area contributed by atoms with Gasteiger partial charge in [-0.05, 0) is 55.9 Å². The molecule has 4 heteroatoms. The van der Waals surface area contributed by atoms with Crippen LogP contribution < -0.4 is 0 Å². The first kappa shape index (κ1) is 16.2. The molecule has 2 nitrogen and oxygen atoms in total. The molecule has 1 aromatic heterocycles. The van der Waals surface area contributed by atoms with Crippen molar-refractivity contribution < 1.29 is 4.39 Å². The Hall–Kier alpha value is -1.16. The third-order valence-electron chi connectivity index (χ3n) is 3.71. The minimum atomic E-state index is -0.160. The maximum Gasteiger partial charge on any atom is 0.123 e. The molecule has 2 rings (SSSR count). The summed E-state index contributed by atoms with van der Waals surface area (Å²) in [4.78, 5) is 0. The van der Waals surface area contributed by atoms with E-state index in [1.165, 1.54) is 11.8 Å². The fraction of sp³-hybridized carbons (Fsp3) is 0.471. The fourth-order valence-corrected chi connectivity index (χ4v) is 3.06. The van der Waals surface area contributed by atoms with E-state index in [1.54, 1.807) is 12.1 Å². The minimum absolute atomic E-state index is 0.160. The first-order valence-corrected chi connectivity index (χ1v) is 8.64. The van der Waals surface area contributed by atoms with Gasteiger partial charge >= 0.3 is 0 Å². The van der Waals surface area contributed by atoms with E-state index in [4.69, 9.17) is 0 Å². The standard InChI is InChI=1S/C17H22BrFN2/c1-3-16-11-17(21(4-2)20-16)10-14(12-18)8-13-6-5-7-15(19)9-13/h5-7,9,11,14H,3-4,8,10,12H2,1-2H3. The second-order valence-electron chi connectivity index (χ2n) is 5.35. The van der Waals surface area contributed by atoms with Crippen molar-refractivity contribution in [2.45, 2.75) is 39.7 Å². The highest BCUT2D eigenvalue weighted by Gasteiger charge is 2.14. The van der Waals surface area contributed by atoms with Crippen molar-refractivity contribution in [3.05, 3.63) is 53.1 Å². The molecule has 0 radical (unpaired) electrons. The summed E-state index contributed by atoms with van der Waals surface area (Å²) < 4.78 is 15.4. The van der Waals surface area contributed by atoms with Gasteiger partial charge in [-0.25, -0.2) is 4.39 Å². The molecule has 21 heavy (non-hydrogen) atoms. The van der Waals surface area contributed by atoms with Crippen LogP contribution in [0.1, 0.15) is 30.8 Å². The second-order valence-corrected chi connectivity index (χ2v) is 6.00. The molecule has 0 fully saturated rings. The zero-order valence-electron chi connectivity index (χ0n) is 12.6. The van der Waals surface area contributed by atoms with Crippen molar-refractivity contribution >= 4 is 15.9 Å². The maximum absolute atomic E-state index is 13.3. The second kappa shape index (κ2) is 7.74. The topological polar surface area (TPSA) is 17.8 Å². The van der Waals surface area contributed by atoms with Crippen molar-refractivity contribution in [3.8, 4) is 0 Å². The Morgan fingerprint density at radius 3 is 2.67 bits per heavy atom. The van der Waals surface area contributed by atoms with Gasteiger partial charge in [0.15, 0.2) is 0 Å². The highest BCUT2D eigenvalue weighted by molar-refractivity contribution is 9.09. The normalized spacial score (nSPS) is 12.6. The molecule has 0 aliphatic rings. The van der Waals surface area contributed by atoms with Gasteiger partial charge in [-0.1, -0.05) is 35.0 Å². The van der Waals surface area contributed by atoms with E-state index in [2.05, 4.69) is 45.6 Å². The molecule has 2 aromatic rings. The van der Waals surface area contributed by atoms with Gasteiger partial charge in [-0.3, -0.25) is 4.68 Å².